The number of hydrogen-bond donors (Lipinski definition) is 0. The van der Waals surface area contributed by atoms with Crippen molar-refractivity contribution in [2.75, 3.05) is 20.6 Å². The third-order valence-electron chi connectivity index (χ3n) is 6.62. The van der Waals surface area contributed by atoms with Gasteiger partial charge >= 0.3 is 0 Å². The molecular formula is C27H26N4O4S. The van der Waals surface area contributed by atoms with E-state index < -0.39 is 10.0 Å². The molecule has 1 aliphatic rings. The lowest BCUT2D eigenvalue weighted by molar-refractivity contribution is 0.0612. The first-order valence-electron chi connectivity index (χ1n) is 11.6. The molecule has 1 unspecified atom stereocenters. The van der Waals surface area contributed by atoms with Gasteiger partial charge in [-0.25, -0.2) is 0 Å². The molecule has 0 fully saturated rings. The number of carbonyl (C=O) groups excluding carboxylic acids is 2. The van der Waals surface area contributed by atoms with Crippen LogP contribution < -0.4 is 0 Å². The standard InChI is InChI=1S/C27H26N4O4S/c1-18-8-11-22(12-9-18)36(34,35)31-25-13-10-19(14-20(25)16-28-31)15-21(29(2)3)17-30-26(32)23-6-4-5-7-24(23)27(30)33/h4-14,16,21H,15,17H2,1-3H3. The van der Waals surface area contributed by atoms with Gasteiger partial charge in [0.25, 0.3) is 21.8 Å². The molecule has 2 heterocycles. The van der Waals surface area contributed by atoms with Gasteiger partial charge < -0.3 is 4.90 Å². The minimum absolute atomic E-state index is 0.129. The summed E-state index contributed by atoms with van der Waals surface area (Å²) >= 11 is 0. The van der Waals surface area contributed by atoms with Gasteiger partial charge in [0, 0.05) is 18.0 Å². The number of carbonyl (C=O) groups is 2. The summed E-state index contributed by atoms with van der Waals surface area (Å²) in [5.41, 5.74) is 3.28. The first kappa shape index (κ1) is 23.9. The zero-order valence-corrected chi connectivity index (χ0v) is 21.1. The SMILES string of the molecule is Cc1ccc(S(=O)(=O)n2ncc3cc(CC(CN4C(=O)c5ccccc5C4=O)N(C)C)ccc32)cc1. The van der Waals surface area contributed by atoms with Crippen molar-refractivity contribution in [3.63, 3.8) is 0 Å². The molecule has 2 amide bonds. The maximum absolute atomic E-state index is 13.1. The molecule has 4 aromatic rings. The molecule has 36 heavy (non-hydrogen) atoms. The first-order valence-corrected chi connectivity index (χ1v) is 13.0. The third-order valence-corrected chi connectivity index (χ3v) is 8.23. The van der Waals surface area contributed by atoms with Crippen LogP contribution in [0.3, 0.4) is 0 Å². The average molecular weight is 503 g/mol. The minimum atomic E-state index is -3.83. The fourth-order valence-corrected chi connectivity index (χ4v) is 5.76. The van der Waals surface area contributed by atoms with E-state index in [1.165, 1.54) is 4.90 Å². The molecule has 1 aliphatic heterocycles. The molecular weight excluding hydrogens is 476 g/mol. The summed E-state index contributed by atoms with van der Waals surface area (Å²) in [6, 6.07) is 18.9. The monoisotopic (exact) mass is 502 g/mol. The summed E-state index contributed by atoms with van der Waals surface area (Å²) < 4.78 is 27.3. The van der Waals surface area contributed by atoms with E-state index in [2.05, 4.69) is 5.10 Å². The van der Waals surface area contributed by atoms with Crippen LogP contribution in [-0.4, -0.2) is 65.9 Å². The van der Waals surface area contributed by atoms with Crippen molar-refractivity contribution in [3.05, 3.63) is 95.2 Å². The highest BCUT2D eigenvalue weighted by atomic mass is 32.2. The average Bonchev–Trinajstić information content (AvgIpc) is 3.39. The molecule has 0 spiro atoms. The number of rotatable bonds is 7. The Labute approximate surface area is 209 Å². The number of hydrogen-bond acceptors (Lipinski definition) is 6. The van der Waals surface area contributed by atoms with E-state index in [0.717, 1.165) is 15.2 Å². The van der Waals surface area contributed by atoms with Crippen LogP contribution in [0, 0.1) is 6.92 Å². The van der Waals surface area contributed by atoms with Crippen molar-refractivity contribution in [2.45, 2.75) is 24.3 Å². The van der Waals surface area contributed by atoms with Gasteiger partial charge in [0.15, 0.2) is 0 Å². The van der Waals surface area contributed by atoms with Crippen LogP contribution in [0.5, 0.6) is 0 Å². The quantitative estimate of drug-likeness (QED) is 0.360. The summed E-state index contributed by atoms with van der Waals surface area (Å²) in [4.78, 5) is 29.2. The number of aryl methyl sites for hydroxylation is 1. The predicted octanol–water partition coefficient (Wildman–Crippen LogP) is 3.35. The molecule has 0 bridgehead atoms. The lowest BCUT2D eigenvalue weighted by Gasteiger charge is -2.28. The smallest absolute Gasteiger partial charge is 0.283 e. The van der Waals surface area contributed by atoms with E-state index in [0.29, 0.717) is 28.5 Å². The Morgan fingerprint density at radius 3 is 2.17 bits per heavy atom. The van der Waals surface area contributed by atoms with Crippen molar-refractivity contribution >= 4 is 32.7 Å². The number of nitrogens with zero attached hydrogens (tertiary/aromatic N) is 4. The fraction of sp³-hybridized carbons (Fsp3) is 0.222. The zero-order chi connectivity index (χ0) is 25.6. The molecule has 0 N–H and O–H groups in total. The summed E-state index contributed by atoms with van der Waals surface area (Å²) in [6.07, 6.45) is 2.10. The number of imide groups is 1. The Kier molecular flexibility index (Phi) is 5.97. The molecule has 0 aliphatic carbocycles. The number of aromatic nitrogens is 2. The molecule has 0 saturated carbocycles. The molecule has 0 radical (unpaired) electrons. The van der Waals surface area contributed by atoms with Gasteiger partial charge in [-0.05, 0) is 69.4 Å². The molecule has 3 aromatic carbocycles. The lowest BCUT2D eigenvalue weighted by Crippen LogP contribution is -2.44. The Hall–Kier alpha value is -3.82. The topological polar surface area (TPSA) is 92.6 Å². The van der Waals surface area contributed by atoms with Crippen LogP contribution in [0.15, 0.2) is 77.8 Å². The summed E-state index contributed by atoms with van der Waals surface area (Å²) in [7, 11) is -0.00634. The number of fused-ring (bicyclic) bond motifs is 2. The molecule has 0 saturated heterocycles. The summed E-state index contributed by atoms with van der Waals surface area (Å²) in [5.74, 6) is -0.555. The van der Waals surface area contributed by atoms with Crippen molar-refractivity contribution in [3.8, 4) is 0 Å². The number of benzene rings is 3. The molecule has 9 heteroatoms. The zero-order valence-electron chi connectivity index (χ0n) is 20.2. The van der Waals surface area contributed by atoms with Gasteiger partial charge in [0.1, 0.15) is 0 Å². The maximum atomic E-state index is 13.1. The molecule has 184 valence electrons. The van der Waals surface area contributed by atoms with E-state index in [4.69, 9.17) is 0 Å². The predicted molar refractivity (Wildman–Crippen MR) is 136 cm³/mol. The van der Waals surface area contributed by atoms with Crippen molar-refractivity contribution in [2.24, 2.45) is 0 Å². The van der Waals surface area contributed by atoms with Crippen molar-refractivity contribution < 1.29 is 18.0 Å². The second-order valence-electron chi connectivity index (χ2n) is 9.29. The largest absolute Gasteiger partial charge is 0.304 e. The van der Waals surface area contributed by atoms with E-state index in [1.54, 1.807) is 60.8 Å². The fourth-order valence-electron chi connectivity index (χ4n) is 4.49. The Morgan fingerprint density at radius 1 is 0.917 bits per heavy atom. The minimum Gasteiger partial charge on any atom is -0.304 e. The van der Waals surface area contributed by atoms with Crippen LogP contribution >= 0.6 is 0 Å². The Balaban J connectivity index is 1.39. The molecule has 5 rings (SSSR count). The lowest BCUT2D eigenvalue weighted by atomic mass is 10.0. The second kappa shape index (κ2) is 9.00. The number of amides is 2. The first-order chi connectivity index (χ1) is 17.2. The molecule has 8 nitrogen and oxygen atoms in total. The van der Waals surface area contributed by atoms with Gasteiger partial charge in [-0.3, -0.25) is 14.5 Å². The highest BCUT2D eigenvalue weighted by Crippen LogP contribution is 2.25. The molecule has 1 atom stereocenters. The van der Waals surface area contributed by atoms with E-state index in [1.807, 2.05) is 38.1 Å². The highest BCUT2D eigenvalue weighted by molar-refractivity contribution is 7.90. The Bertz CT molecular complexity index is 1550. The maximum Gasteiger partial charge on any atom is 0.283 e. The second-order valence-corrected chi connectivity index (χ2v) is 11.1. The summed E-state index contributed by atoms with van der Waals surface area (Å²) in [5, 5.41) is 4.86. The van der Waals surface area contributed by atoms with Gasteiger partial charge in [-0.15, -0.1) is 0 Å². The van der Waals surface area contributed by atoms with Crippen molar-refractivity contribution in [1.29, 1.82) is 0 Å². The number of likely N-dealkylation sites (N-methyl/N-ethyl adjacent to an activating group) is 1. The van der Waals surface area contributed by atoms with Gasteiger partial charge in [-0.1, -0.05) is 35.9 Å². The Morgan fingerprint density at radius 2 is 1.56 bits per heavy atom. The van der Waals surface area contributed by atoms with E-state index in [9.17, 15) is 18.0 Å². The van der Waals surface area contributed by atoms with E-state index in [-0.39, 0.29) is 29.3 Å². The summed E-state index contributed by atoms with van der Waals surface area (Å²) in [6.45, 7) is 2.15. The van der Waals surface area contributed by atoms with Crippen LogP contribution in [-0.2, 0) is 16.4 Å². The van der Waals surface area contributed by atoms with Gasteiger partial charge in [-0.2, -0.15) is 17.6 Å². The van der Waals surface area contributed by atoms with Crippen LogP contribution in [0.2, 0.25) is 0 Å². The van der Waals surface area contributed by atoms with Crippen LogP contribution in [0.4, 0.5) is 0 Å². The normalized spacial score (nSPS) is 14.6. The third kappa shape index (κ3) is 4.10. The van der Waals surface area contributed by atoms with Crippen LogP contribution in [0.1, 0.15) is 31.8 Å². The molecule has 1 aromatic heterocycles. The van der Waals surface area contributed by atoms with Crippen LogP contribution in [0.25, 0.3) is 10.9 Å². The van der Waals surface area contributed by atoms with Gasteiger partial charge in [0.2, 0.25) is 0 Å². The van der Waals surface area contributed by atoms with Crippen molar-refractivity contribution in [1.82, 2.24) is 19.0 Å². The van der Waals surface area contributed by atoms with E-state index >= 15 is 0 Å². The van der Waals surface area contributed by atoms with Gasteiger partial charge in [0.05, 0.1) is 27.7 Å². The highest BCUT2D eigenvalue weighted by Gasteiger charge is 2.36.